The van der Waals surface area contributed by atoms with Gasteiger partial charge in [0.2, 0.25) is 0 Å². The van der Waals surface area contributed by atoms with Crippen LogP contribution in [0.25, 0.3) is 0 Å². The molecule has 1 saturated carbocycles. The average molecular weight is 180 g/mol. The Morgan fingerprint density at radius 3 is 2.77 bits per heavy atom. The minimum absolute atomic E-state index is 0.0139. The van der Waals surface area contributed by atoms with Gasteiger partial charge in [-0.25, -0.2) is 0 Å². The van der Waals surface area contributed by atoms with Crippen LogP contribution in [0, 0.1) is 5.92 Å². The fraction of sp³-hybridized carbons (Fsp3) is 0.700. The molecular weight excluding hydrogens is 164 g/mol. The molecule has 0 aliphatic heterocycles. The molecule has 1 heterocycles. The van der Waals surface area contributed by atoms with Crippen molar-refractivity contribution in [2.75, 3.05) is 0 Å². The summed E-state index contributed by atoms with van der Waals surface area (Å²) in [5.74, 6) is 1.88. The summed E-state index contributed by atoms with van der Waals surface area (Å²) in [6.45, 7) is 4.17. The van der Waals surface area contributed by atoms with Crippen molar-refractivity contribution >= 4 is 0 Å². The first-order chi connectivity index (χ1) is 6.18. The summed E-state index contributed by atoms with van der Waals surface area (Å²) in [7, 11) is 0. The van der Waals surface area contributed by atoms with Gasteiger partial charge in [0.25, 0.3) is 0 Å². The van der Waals surface area contributed by atoms with Crippen molar-refractivity contribution in [1.82, 2.24) is 5.16 Å². The average Bonchev–Trinajstić information content (AvgIpc) is 2.83. The molecule has 2 rings (SSSR count). The smallest absolute Gasteiger partial charge is 0.153 e. The largest absolute Gasteiger partial charge is 0.359 e. The maximum absolute atomic E-state index is 5.94. The molecule has 72 valence electrons. The molecule has 3 nitrogen and oxygen atoms in total. The van der Waals surface area contributed by atoms with Crippen LogP contribution in [0.5, 0.6) is 0 Å². The predicted molar refractivity (Wildman–Crippen MR) is 50.2 cm³/mol. The predicted octanol–water partition coefficient (Wildman–Crippen LogP) is 2.21. The highest BCUT2D eigenvalue weighted by atomic mass is 16.5. The maximum atomic E-state index is 5.94. The van der Waals surface area contributed by atoms with Gasteiger partial charge in [-0.1, -0.05) is 19.0 Å². The minimum Gasteiger partial charge on any atom is -0.359 e. The number of hydrogen-bond donors (Lipinski definition) is 1. The molecule has 0 amide bonds. The zero-order valence-corrected chi connectivity index (χ0v) is 8.16. The first kappa shape index (κ1) is 8.75. The van der Waals surface area contributed by atoms with Crippen molar-refractivity contribution in [3.05, 3.63) is 17.5 Å². The van der Waals surface area contributed by atoms with Crippen LogP contribution in [0.4, 0.5) is 0 Å². The van der Waals surface area contributed by atoms with Gasteiger partial charge in [0.15, 0.2) is 5.76 Å². The number of aromatic nitrogens is 1. The Balaban J connectivity index is 2.11. The molecule has 1 atom stereocenters. The second-order valence-corrected chi connectivity index (χ2v) is 4.20. The Morgan fingerprint density at radius 2 is 2.23 bits per heavy atom. The van der Waals surface area contributed by atoms with E-state index in [1.165, 1.54) is 12.8 Å². The summed E-state index contributed by atoms with van der Waals surface area (Å²) in [6.07, 6.45) is 2.51. The molecule has 1 aliphatic rings. The van der Waals surface area contributed by atoms with Crippen molar-refractivity contribution in [2.24, 2.45) is 11.7 Å². The lowest BCUT2D eigenvalue weighted by Gasteiger charge is -2.10. The maximum Gasteiger partial charge on any atom is 0.153 e. The molecule has 0 bridgehead atoms. The van der Waals surface area contributed by atoms with E-state index in [1.807, 2.05) is 6.07 Å². The second-order valence-electron chi connectivity index (χ2n) is 4.20. The van der Waals surface area contributed by atoms with E-state index in [4.69, 9.17) is 10.3 Å². The molecule has 0 aromatic carbocycles. The molecular formula is C10H16N2O. The van der Waals surface area contributed by atoms with E-state index < -0.39 is 0 Å². The first-order valence-corrected chi connectivity index (χ1v) is 4.90. The van der Waals surface area contributed by atoms with Crippen LogP contribution in [0.1, 0.15) is 50.1 Å². The van der Waals surface area contributed by atoms with E-state index in [1.54, 1.807) is 0 Å². The first-order valence-electron chi connectivity index (χ1n) is 4.90. The topological polar surface area (TPSA) is 52.0 Å². The van der Waals surface area contributed by atoms with Gasteiger partial charge in [0.05, 0.1) is 11.7 Å². The van der Waals surface area contributed by atoms with Gasteiger partial charge >= 0.3 is 0 Å². The molecule has 1 aliphatic carbocycles. The lowest BCUT2D eigenvalue weighted by molar-refractivity contribution is 0.329. The number of nitrogens with zero attached hydrogens (tertiary/aromatic N) is 1. The highest BCUT2D eigenvalue weighted by molar-refractivity contribution is 5.17. The quantitative estimate of drug-likeness (QED) is 0.775. The molecule has 1 aromatic rings. The van der Waals surface area contributed by atoms with Gasteiger partial charge in [0.1, 0.15) is 0 Å². The summed E-state index contributed by atoms with van der Waals surface area (Å²) in [6, 6.07) is 2.00. The number of hydrogen-bond acceptors (Lipinski definition) is 3. The highest BCUT2D eigenvalue weighted by Gasteiger charge is 2.28. The standard InChI is InChI=1S/C10H16N2O/c1-6(2)10(11)9-5-8(12-13-9)7-3-4-7/h5-7,10H,3-4,11H2,1-2H3. The van der Waals surface area contributed by atoms with Gasteiger partial charge in [0, 0.05) is 12.0 Å². The van der Waals surface area contributed by atoms with Crippen molar-refractivity contribution in [3.63, 3.8) is 0 Å². The Kier molecular flexibility index (Phi) is 2.12. The number of nitrogens with two attached hydrogens (primary N) is 1. The molecule has 0 saturated heterocycles. The summed E-state index contributed by atoms with van der Waals surface area (Å²) in [5.41, 5.74) is 7.03. The van der Waals surface area contributed by atoms with Gasteiger partial charge < -0.3 is 10.3 Å². The van der Waals surface area contributed by atoms with Gasteiger partial charge in [-0.15, -0.1) is 0 Å². The Morgan fingerprint density at radius 1 is 1.54 bits per heavy atom. The van der Waals surface area contributed by atoms with Crippen LogP contribution in [0.3, 0.4) is 0 Å². The van der Waals surface area contributed by atoms with Crippen LogP contribution in [-0.2, 0) is 0 Å². The molecule has 0 spiro atoms. The second kappa shape index (κ2) is 3.14. The van der Waals surface area contributed by atoms with Crippen LogP contribution in [0.15, 0.2) is 10.6 Å². The summed E-state index contributed by atoms with van der Waals surface area (Å²) < 4.78 is 5.21. The van der Waals surface area contributed by atoms with Gasteiger partial charge in [-0.2, -0.15) is 0 Å². The van der Waals surface area contributed by atoms with Crippen molar-refractivity contribution in [1.29, 1.82) is 0 Å². The third-order valence-corrected chi connectivity index (χ3v) is 2.59. The van der Waals surface area contributed by atoms with Crippen LogP contribution >= 0.6 is 0 Å². The van der Waals surface area contributed by atoms with E-state index in [0.717, 1.165) is 11.5 Å². The Hall–Kier alpha value is -0.830. The van der Waals surface area contributed by atoms with Crippen molar-refractivity contribution in [3.8, 4) is 0 Å². The molecule has 3 heteroatoms. The van der Waals surface area contributed by atoms with Gasteiger partial charge in [-0.05, 0) is 18.8 Å². The lowest BCUT2D eigenvalue weighted by atomic mass is 10.0. The van der Waals surface area contributed by atoms with Crippen LogP contribution < -0.4 is 5.73 Å². The van der Waals surface area contributed by atoms with E-state index in [9.17, 15) is 0 Å². The summed E-state index contributed by atoms with van der Waals surface area (Å²) in [5, 5.41) is 4.03. The third-order valence-electron chi connectivity index (χ3n) is 2.59. The van der Waals surface area contributed by atoms with Crippen molar-refractivity contribution in [2.45, 2.75) is 38.6 Å². The lowest BCUT2D eigenvalue weighted by Crippen LogP contribution is -2.15. The van der Waals surface area contributed by atoms with Gasteiger partial charge in [-0.3, -0.25) is 0 Å². The molecule has 1 aromatic heterocycles. The van der Waals surface area contributed by atoms with Crippen LogP contribution in [0.2, 0.25) is 0 Å². The summed E-state index contributed by atoms with van der Waals surface area (Å²) in [4.78, 5) is 0. The molecule has 0 radical (unpaired) electrons. The third kappa shape index (κ3) is 1.75. The minimum atomic E-state index is -0.0139. The highest BCUT2D eigenvalue weighted by Crippen LogP contribution is 2.40. The molecule has 1 unspecified atom stereocenters. The fourth-order valence-corrected chi connectivity index (χ4v) is 1.36. The fourth-order valence-electron chi connectivity index (χ4n) is 1.36. The van der Waals surface area contributed by atoms with Crippen LogP contribution in [-0.4, -0.2) is 5.16 Å². The van der Waals surface area contributed by atoms with E-state index in [-0.39, 0.29) is 6.04 Å². The van der Waals surface area contributed by atoms with E-state index in [0.29, 0.717) is 11.8 Å². The Bertz CT molecular complexity index is 289. The monoisotopic (exact) mass is 180 g/mol. The molecule has 2 N–H and O–H groups in total. The zero-order chi connectivity index (χ0) is 9.42. The summed E-state index contributed by atoms with van der Waals surface area (Å²) >= 11 is 0. The van der Waals surface area contributed by atoms with E-state index >= 15 is 0 Å². The number of rotatable bonds is 3. The van der Waals surface area contributed by atoms with E-state index in [2.05, 4.69) is 19.0 Å². The molecule has 1 fully saturated rings. The molecule has 13 heavy (non-hydrogen) atoms. The van der Waals surface area contributed by atoms with Crippen molar-refractivity contribution < 1.29 is 4.52 Å². The normalized spacial score (nSPS) is 19.4. The Labute approximate surface area is 78.3 Å². The SMILES string of the molecule is CC(C)C(N)c1cc(C2CC2)no1. The zero-order valence-electron chi connectivity index (χ0n) is 8.16.